The van der Waals surface area contributed by atoms with Crippen molar-refractivity contribution in [1.82, 2.24) is 19.9 Å². The second-order valence-corrected chi connectivity index (χ2v) is 2.05. The first kappa shape index (κ1) is 9.24. The Bertz CT molecular complexity index is 451. The average Bonchev–Trinajstić information content (AvgIpc) is 2.34. The van der Waals surface area contributed by atoms with E-state index in [1.807, 2.05) is 0 Å². The summed E-state index contributed by atoms with van der Waals surface area (Å²) < 4.78 is 0. The molecule has 0 saturated heterocycles. The Kier molecular flexibility index (Phi) is 2.51. The Morgan fingerprint density at radius 3 is 3.08 bits per heavy atom. The summed E-state index contributed by atoms with van der Waals surface area (Å²) >= 11 is 0. The summed E-state index contributed by atoms with van der Waals surface area (Å²) in [5, 5.41) is 0. The second-order valence-electron chi connectivity index (χ2n) is 2.05. The SMILES string of the molecule is Nc1nc2nc[nH]c2c(=O)[nH]1.[H-].[Na+]. The van der Waals surface area contributed by atoms with Crippen LogP contribution in [-0.2, 0) is 0 Å². The number of nitrogen functional groups attached to an aromatic ring is 1. The van der Waals surface area contributed by atoms with Crippen LogP contribution < -0.4 is 40.9 Å². The molecule has 0 fully saturated rings. The van der Waals surface area contributed by atoms with Crippen molar-refractivity contribution in [2.75, 3.05) is 5.73 Å². The van der Waals surface area contributed by atoms with Gasteiger partial charge in [-0.3, -0.25) is 9.78 Å². The number of nitrogens with one attached hydrogen (secondary N) is 2. The Morgan fingerprint density at radius 1 is 1.58 bits per heavy atom. The minimum absolute atomic E-state index is 0. The summed E-state index contributed by atoms with van der Waals surface area (Å²) in [6.45, 7) is 0. The maximum atomic E-state index is 11.0. The minimum Gasteiger partial charge on any atom is -1.00 e. The number of aromatic amines is 2. The van der Waals surface area contributed by atoms with Crippen LogP contribution in [0.15, 0.2) is 11.1 Å². The topological polar surface area (TPSA) is 100 Å². The number of rotatable bonds is 0. The molecule has 0 aliphatic carbocycles. The van der Waals surface area contributed by atoms with Crippen LogP contribution in [0.2, 0.25) is 0 Å². The first-order chi connectivity index (χ1) is 5.27. The number of anilines is 1. The number of nitrogens with two attached hydrogens (primary N) is 1. The molecule has 2 aromatic rings. The molecule has 58 valence electrons. The normalized spacial score (nSPS) is 9.67. The summed E-state index contributed by atoms with van der Waals surface area (Å²) in [6, 6.07) is 0. The Hall–Kier alpha value is -0.850. The third-order valence-electron chi connectivity index (χ3n) is 1.31. The first-order valence-electron chi connectivity index (χ1n) is 2.96. The fourth-order valence-corrected chi connectivity index (χ4v) is 0.860. The van der Waals surface area contributed by atoms with Gasteiger partial charge < -0.3 is 12.1 Å². The maximum Gasteiger partial charge on any atom is 1.00 e. The van der Waals surface area contributed by atoms with E-state index in [2.05, 4.69) is 19.9 Å². The number of hydrogen-bond donors (Lipinski definition) is 3. The molecule has 2 rings (SSSR count). The van der Waals surface area contributed by atoms with Crippen LogP contribution in [0, 0.1) is 0 Å². The van der Waals surface area contributed by atoms with Gasteiger partial charge >= 0.3 is 29.6 Å². The van der Waals surface area contributed by atoms with Gasteiger partial charge in [-0.1, -0.05) is 0 Å². The van der Waals surface area contributed by atoms with Crippen molar-refractivity contribution in [2.45, 2.75) is 0 Å². The van der Waals surface area contributed by atoms with Crippen LogP contribution in [-0.4, -0.2) is 19.9 Å². The largest absolute Gasteiger partial charge is 1.00 e. The van der Waals surface area contributed by atoms with Crippen LogP contribution in [0.4, 0.5) is 5.95 Å². The molecule has 0 aliphatic heterocycles. The molecule has 2 aromatic heterocycles. The molecule has 7 heteroatoms. The fourth-order valence-electron chi connectivity index (χ4n) is 0.860. The van der Waals surface area contributed by atoms with E-state index in [0.717, 1.165) is 0 Å². The molecule has 0 spiro atoms. The monoisotopic (exact) mass is 175 g/mol. The van der Waals surface area contributed by atoms with Crippen molar-refractivity contribution in [3.05, 3.63) is 16.7 Å². The first-order valence-corrected chi connectivity index (χ1v) is 2.96. The Balaban J connectivity index is 0.000000720. The summed E-state index contributed by atoms with van der Waals surface area (Å²) in [7, 11) is 0. The third-order valence-corrected chi connectivity index (χ3v) is 1.31. The van der Waals surface area contributed by atoms with Gasteiger partial charge in [0.05, 0.1) is 6.33 Å². The van der Waals surface area contributed by atoms with Crippen LogP contribution >= 0.6 is 0 Å². The Labute approximate surface area is 90.4 Å². The predicted octanol–water partition coefficient (Wildman–Crippen LogP) is -3.66. The molecule has 6 nitrogen and oxygen atoms in total. The van der Waals surface area contributed by atoms with Crippen LogP contribution in [0.5, 0.6) is 0 Å². The van der Waals surface area contributed by atoms with Gasteiger partial charge in [-0.2, -0.15) is 4.98 Å². The number of hydrogen-bond acceptors (Lipinski definition) is 4. The summed E-state index contributed by atoms with van der Waals surface area (Å²) in [5.74, 6) is 0.0783. The molecule has 0 unspecified atom stereocenters. The molecule has 0 amide bonds. The van der Waals surface area contributed by atoms with Gasteiger partial charge in [0.25, 0.3) is 5.56 Å². The molecule has 0 aliphatic rings. The van der Waals surface area contributed by atoms with Gasteiger partial charge in [-0.25, -0.2) is 4.98 Å². The van der Waals surface area contributed by atoms with Crippen molar-refractivity contribution in [2.24, 2.45) is 0 Å². The van der Waals surface area contributed by atoms with Crippen LogP contribution in [0.1, 0.15) is 1.43 Å². The standard InChI is InChI=1S/C5H5N5O.Na.H/c6-5-9-3-2(4(11)10-5)7-1-8-3;;/h1H,(H4,6,7,8,9,10,11);;/q;+1;-1. The van der Waals surface area contributed by atoms with Crippen molar-refractivity contribution < 1.29 is 31.0 Å². The van der Waals surface area contributed by atoms with Crippen LogP contribution in [0.25, 0.3) is 11.2 Å². The van der Waals surface area contributed by atoms with E-state index in [0.29, 0.717) is 11.2 Å². The average molecular weight is 175 g/mol. The molecule has 0 atom stereocenters. The van der Waals surface area contributed by atoms with Crippen molar-refractivity contribution >= 4 is 17.1 Å². The van der Waals surface area contributed by atoms with Crippen molar-refractivity contribution in [3.8, 4) is 0 Å². The van der Waals surface area contributed by atoms with Gasteiger partial charge in [0, 0.05) is 0 Å². The summed E-state index contributed by atoms with van der Waals surface area (Å²) in [6.07, 6.45) is 1.40. The zero-order valence-electron chi connectivity index (χ0n) is 7.46. The molecular weight excluding hydrogens is 169 g/mol. The van der Waals surface area contributed by atoms with Crippen molar-refractivity contribution in [1.29, 1.82) is 0 Å². The second kappa shape index (κ2) is 3.26. The molecule has 0 aromatic carbocycles. The molecule has 0 radical (unpaired) electrons. The van der Waals surface area contributed by atoms with E-state index in [1.165, 1.54) is 6.33 Å². The van der Waals surface area contributed by atoms with Crippen LogP contribution in [0.3, 0.4) is 0 Å². The fraction of sp³-hybridized carbons (Fsp3) is 0. The number of aromatic nitrogens is 4. The number of H-pyrrole nitrogens is 2. The molecular formula is C5H6N5NaO. The number of nitrogens with zero attached hydrogens (tertiary/aromatic N) is 2. The van der Waals surface area contributed by atoms with E-state index in [-0.39, 0.29) is 42.5 Å². The van der Waals surface area contributed by atoms with E-state index >= 15 is 0 Å². The smallest absolute Gasteiger partial charge is 1.00 e. The molecule has 2 heterocycles. The van der Waals surface area contributed by atoms with Gasteiger partial charge in [0.2, 0.25) is 5.95 Å². The van der Waals surface area contributed by atoms with Crippen molar-refractivity contribution in [3.63, 3.8) is 0 Å². The van der Waals surface area contributed by atoms with E-state index in [4.69, 9.17) is 5.73 Å². The minimum atomic E-state index is -0.301. The molecule has 0 saturated carbocycles. The van der Waals surface area contributed by atoms with Gasteiger partial charge in [-0.15, -0.1) is 0 Å². The van der Waals surface area contributed by atoms with Gasteiger partial charge in [-0.05, 0) is 0 Å². The maximum absolute atomic E-state index is 11.0. The molecule has 12 heavy (non-hydrogen) atoms. The zero-order valence-corrected chi connectivity index (χ0v) is 8.46. The van der Waals surface area contributed by atoms with E-state index in [9.17, 15) is 4.79 Å². The van der Waals surface area contributed by atoms with E-state index < -0.39 is 0 Å². The molecule has 4 N–H and O–H groups in total. The third kappa shape index (κ3) is 1.36. The summed E-state index contributed by atoms with van der Waals surface area (Å²) in [5.41, 5.74) is 5.65. The molecule has 0 bridgehead atoms. The number of fused-ring (bicyclic) bond motifs is 1. The van der Waals surface area contributed by atoms with Gasteiger partial charge in [0.15, 0.2) is 11.2 Å². The predicted molar refractivity (Wildman–Crippen MR) is 40.0 cm³/mol. The summed E-state index contributed by atoms with van der Waals surface area (Å²) in [4.78, 5) is 23.5. The zero-order chi connectivity index (χ0) is 7.84. The van der Waals surface area contributed by atoms with Gasteiger partial charge in [0.1, 0.15) is 0 Å². The quantitative estimate of drug-likeness (QED) is 0.359. The number of imidazole rings is 1. The van der Waals surface area contributed by atoms with E-state index in [1.54, 1.807) is 0 Å². The Morgan fingerprint density at radius 2 is 2.33 bits per heavy atom.